The van der Waals surface area contributed by atoms with E-state index in [1.165, 1.54) is 0 Å². The lowest BCUT2D eigenvalue weighted by atomic mass is 9.95. The Labute approximate surface area is 188 Å². The van der Waals surface area contributed by atoms with E-state index in [0.29, 0.717) is 44.8 Å². The fraction of sp³-hybridized carbons (Fsp3) is 0.542. The highest BCUT2D eigenvalue weighted by atomic mass is 16.5. The monoisotopic (exact) mass is 443 g/mol. The largest absolute Gasteiger partial charge is 0.467 e. The van der Waals surface area contributed by atoms with E-state index >= 15 is 0 Å². The Bertz CT molecular complexity index is 947. The van der Waals surface area contributed by atoms with Crippen LogP contribution in [-0.2, 0) is 27.3 Å². The summed E-state index contributed by atoms with van der Waals surface area (Å²) in [5.41, 5.74) is 3.14. The summed E-state index contributed by atoms with van der Waals surface area (Å²) < 4.78 is 10.4. The molecule has 2 aromatic rings. The fourth-order valence-electron chi connectivity index (χ4n) is 4.39. The molecule has 3 heterocycles. The van der Waals surface area contributed by atoms with Crippen LogP contribution in [0.1, 0.15) is 59.3 Å². The number of nitrogens with zero attached hydrogens (tertiary/aromatic N) is 2. The van der Waals surface area contributed by atoms with Crippen molar-refractivity contribution in [2.75, 3.05) is 26.7 Å². The zero-order valence-corrected chi connectivity index (χ0v) is 19.4. The summed E-state index contributed by atoms with van der Waals surface area (Å²) in [5.74, 6) is 0.244. The van der Waals surface area contributed by atoms with Crippen molar-refractivity contribution in [3.8, 4) is 0 Å². The third-order valence-electron chi connectivity index (χ3n) is 6.13. The Balaban J connectivity index is 1.56. The van der Waals surface area contributed by atoms with Crippen LogP contribution in [0, 0.1) is 19.8 Å². The van der Waals surface area contributed by atoms with Crippen molar-refractivity contribution in [1.29, 1.82) is 0 Å². The first-order valence-corrected chi connectivity index (χ1v) is 11.2. The van der Waals surface area contributed by atoms with Gasteiger partial charge in [0.2, 0.25) is 11.8 Å². The molecule has 174 valence electrons. The van der Waals surface area contributed by atoms with Gasteiger partial charge in [0, 0.05) is 32.3 Å². The van der Waals surface area contributed by atoms with Crippen molar-refractivity contribution in [1.82, 2.24) is 14.8 Å². The molecule has 2 amide bonds. The second-order valence-corrected chi connectivity index (χ2v) is 8.40. The third-order valence-corrected chi connectivity index (χ3v) is 6.13. The van der Waals surface area contributed by atoms with Gasteiger partial charge in [-0.2, -0.15) is 0 Å². The molecule has 1 aliphatic rings. The number of amides is 2. The van der Waals surface area contributed by atoms with Gasteiger partial charge in [-0.1, -0.05) is 0 Å². The van der Waals surface area contributed by atoms with Crippen LogP contribution < -0.4 is 0 Å². The van der Waals surface area contributed by atoms with Gasteiger partial charge in [0.25, 0.3) is 0 Å². The number of hydrogen-bond donors (Lipinski definition) is 1. The molecule has 0 spiro atoms. The predicted octanol–water partition coefficient (Wildman–Crippen LogP) is 3.23. The van der Waals surface area contributed by atoms with Gasteiger partial charge in [-0.15, -0.1) is 0 Å². The molecule has 8 heteroatoms. The Kier molecular flexibility index (Phi) is 7.77. The van der Waals surface area contributed by atoms with Crippen LogP contribution in [0.4, 0.5) is 0 Å². The van der Waals surface area contributed by atoms with Gasteiger partial charge >= 0.3 is 5.97 Å². The number of furan rings is 1. The smallest absolute Gasteiger partial charge is 0.355 e. The van der Waals surface area contributed by atoms with Gasteiger partial charge in [0.05, 0.1) is 25.3 Å². The number of esters is 1. The van der Waals surface area contributed by atoms with E-state index < -0.39 is 0 Å². The summed E-state index contributed by atoms with van der Waals surface area (Å²) in [4.78, 5) is 44.5. The first kappa shape index (κ1) is 23.6. The molecule has 1 saturated heterocycles. The molecule has 32 heavy (non-hydrogen) atoms. The van der Waals surface area contributed by atoms with Crippen LogP contribution in [-0.4, -0.2) is 59.3 Å². The molecule has 2 aromatic heterocycles. The quantitative estimate of drug-likeness (QED) is 0.632. The number of ether oxygens (including phenoxy) is 1. The number of H-pyrrole nitrogens is 1. The SMILES string of the molecule is CCOC(=O)c1[nH]c(C)c(CCC(=O)N2CCCC(C(=O)N(C)Cc3ccco3)C2)c1C. The number of rotatable bonds is 8. The Hall–Kier alpha value is -3.03. The fourth-order valence-corrected chi connectivity index (χ4v) is 4.39. The lowest BCUT2D eigenvalue weighted by Crippen LogP contribution is -2.45. The van der Waals surface area contributed by atoms with E-state index in [-0.39, 0.29) is 23.7 Å². The first-order valence-electron chi connectivity index (χ1n) is 11.2. The van der Waals surface area contributed by atoms with Gasteiger partial charge in [-0.05, 0) is 63.3 Å². The van der Waals surface area contributed by atoms with Crippen molar-refractivity contribution in [2.45, 2.75) is 53.0 Å². The van der Waals surface area contributed by atoms with Crippen LogP contribution in [0.2, 0.25) is 0 Å². The van der Waals surface area contributed by atoms with Crippen LogP contribution in [0.25, 0.3) is 0 Å². The van der Waals surface area contributed by atoms with E-state index in [0.717, 1.165) is 35.4 Å². The van der Waals surface area contributed by atoms with Crippen molar-refractivity contribution < 1.29 is 23.5 Å². The number of carbonyl (C=O) groups is 3. The summed E-state index contributed by atoms with van der Waals surface area (Å²) in [5, 5.41) is 0. The van der Waals surface area contributed by atoms with Crippen molar-refractivity contribution >= 4 is 17.8 Å². The lowest BCUT2D eigenvalue weighted by Gasteiger charge is -2.34. The number of nitrogens with one attached hydrogen (secondary N) is 1. The van der Waals surface area contributed by atoms with E-state index in [9.17, 15) is 14.4 Å². The van der Waals surface area contributed by atoms with Crippen molar-refractivity contribution in [2.24, 2.45) is 5.92 Å². The minimum Gasteiger partial charge on any atom is -0.467 e. The van der Waals surface area contributed by atoms with E-state index in [4.69, 9.17) is 9.15 Å². The highest BCUT2D eigenvalue weighted by Gasteiger charge is 2.30. The topological polar surface area (TPSA) is 95.8 Å². The van der Waals surface area contributed by atoms with Gasteiger partial charge in [0.15, 0.2) is 0 Å². The molecule has 3 rings (SSSR count). The second-order valence-electron chi connectivity index (χ2n) is 8.40. The summed E-state index contributed by atoms with van der Waals surface area (Å²) >= 11 is 0. The number of hydrogen-bond acceptors (Lipinski definition) is 5. The Morgan fingerprint density at radius 1 is 1.31 bits per heavy atom. The molecule has 0 aliphatic carbocycles. The molecule has 1 N–H and O–H groups in total. The Morgan fingerprint density at radius 2 is 2.09 bits per heavy atom. The van der Waals surface area contributed by atoms with E-state index in [1.807, 2.05) is 19.9 Å². The predicted molar refractivity (Wildman–Crippen MR) is 119 cm³/mol. The van der Waals surface area contributed by atoms with Crippen LogP contribution in [0.5, 0.6) is 0 Å². The molecule has 1 atom stereocenters. The molecule has 8 nitrogen and oxygen atoms in total. The number of aromatic nitrogens is 1. The average Bonchev–Trinajstić information content (AvgIpc) is 3.39. The molecular weight excluding hydrogens is 410 g/mol. The summed E-state index contributed by atoms with van der Waals surface area (Å²) in [6, 6.07) is 3.65. The van der Waals surface area contributed by atoms with Gasteiger partial charge in [0.1, 0.15) is 11.5 Å². The standard InChI is InChI=1S/C24H33N3O5/c1-5-31-24(30)22-16(2)20(17(3)25-22)10-11-21(28)27-12-6-8-18(14-27)23(29)26(4)15-19-9-7-13-32-19/h7,9,13,18,25H,5-6,8,10-12,14-15H2,1-4H3. The molecule has 1 fully saturated rings. The zero-order valence-electron chi connectivity index (χ0n) is 19.4. The number of carbonyl (C=O) groups excluding carboxylic acids is 3. The van der Waals surface area contributed by atoms with Gasteiger partial charge in [-0.25, -0.2) is 4.79 Å². The molecular formula is C24H33N3O5. The average molecular weight is 444 g/mol. The summed E-state index contributed by atoms with van der Waals surface area (Å²) in [7, 11) is 1.77. The van der Waals surface area contributed by atoms with Crippen LogP contribution in [0.3, 0.4) is 0 Å². The third kappa shape index (κ3) is 5.41. The lowest BCUT2D eigenvalue weighted by molar-refractivity contribution is -0.140. The number of aryl methyl sites for hydroxylation is 1. The summed E-state index contributed by atoms with van der Waals surface area (Å²) in [6.45, 7) is 7.40. The van der Waals surface area contributed by atoms with E-state index in [1.54, 1.807) is 36.1 Å². The van der Waals surface area contributed by atoms with Crippen LogP contribution in [0.15, 0.2) is 22.8 Å². The molecule has 0 radical (unpaired) electrons. The highest BCUT2D eigenvalue weighted by Crippen LogP contribution is 2.23. The molecule has 0 saturated carbocycles. The maximum absolute atomic E-state index is 12.9. The molecule has 1 aliphatic heterocycles. The van der Waals surface area contributed by atoms with Gasteiger partial charge in [-0.3, -0.25) is 9.59 Å². The minimum atomic E-state index is -0.373. The van der Waals surface area contributed by atoms with Crippen LogP contribution >= 0.6 is 0 Å². The normalized spacial score (nSPS) is 16.1. The summed E-state index contributed by atoms with van der Waals surface area (Å²) in [6.07, 6.45) is 4.07. The Morgan fingerprint density at radius 3 is 2.78 bits per heavy atom. The number of aromatic amines is 1. The maximum Gasteiger partial charge on any atom is 0.355 e. The molecule has 0 aromatic carbocycles. The minimum absolute atomic E-state index is 0.0360. The van der Waals surface area contributed by atoms with Crippen molar-refractivity contribution in [3.05, 3.63) is 46.7 Å². The number of piperidine rings is 1. The molecule has 1 unspecified atom stereocenters. The number of likely N-dealkylation sites (tertiary alicyclic amines) is 1. The molecule has 0 bridgehead atoms. The second kappa shape index (κ2) is 10.5. The zero-order chi connectivity index (χ0) is 23.3. The van der Waals surface area contributed by atoms with Gasteiger partial charge < -0.3 is 23.9 Å². The van der Waals surface area contributed by atoms with Crippen molar-refractivity contribution in [3.63, 3.8) is 0 Å². The maximum atomic E-state index is 12.9. The van der Waals surface area contributed by atoms with E-state index in [2.05, 4.69) is 4.98 Å². The first-order chi connectivity index (χ1) is 15.3. The highest BCUT2D eigenvalue weighted by molar-refractivity contribution is 5.90.